The molecule has 104 valence electrons. The van der Waals surface area contributed by atoms with E-state index in [1.165, 1.54) is 0 Å². The van der Waals surface area contributed by atoms with Crippen LogP contribution in [-0.2, 0) is 0 Å². The number of allylic oxidation sites excluding steroid dienone is 5. The van der Waals surface area contributed by atoms with Crippen molar-refractivity contribution in [2.24, 2.45) is 5.10 Å². The van der Waals surface area contributed by atoms with Gasteiger partial charge in [-0.1, -0.05) is 12.2 Å². The Kier molecular flexibility index (Phi) is 4.53. The standard InChI is InChI=1S/C14H16ClN5/c1-4-10-5-6-11(9-12(10)19-16-2)20(3)13-7-8-17-14(15)18-13/h4-9,16H,1-3H3/b10-4+,19-12-. The van der Waals surface area contributed by atoms with E-state index in [2.05, 4.69) is 20.5 Å². The van der Waals surface area contributed by atoms with Crippen LogP contribution in [0.2, 0.25) is 5.28 Å². The molecule has 0 unspecified atom stereocenters. The third-order valence-corrected chi connectivity index (χ3v) is 3.08. The Bertz CT molecular complexity index is 616. The molecule has 0 aliphatic heterocycles. The van der Waals surface area contributed by atoms with Crippen LogP contribution in [0, 0.1) is 0 Å². The van der Waals surface area contributed by atoms with Gasteiger partial charge in [0.1, 0.15) is 5.82 Å². The van der Waals surface area contributed by atoms with Crippen LogP contribution in [0.25, 0.3) is 0 Å². The van der Waals surface area contributed by atoms with Crippen molar-refractivity contribution in [2.45, 2.75) is 6.92 Å². The summed E-state index contributed by atoms with van der Waals surface area (Å²) in [7, 11) is 3.70. The van der Waals surface area contributed by atoms with Crippen LogP contribution in [-0.4, -0.2) is 29.8 Å². The van der Waals surface area contributed by atoms with Crippen molar-refractivity contribution in [1.82, 2.24) is 15.4 Å². The van der Waals surface area contributed by atoms with E-state index in [-0.39, 0.29) is 5.28 Å². The Morgan fingerprint density at radius 2 is 2.20 bits per heavy atom. The molecule has 0 atom stereocenters. The molecular formula is C14H16ClN5. The Hall–Kier alpha value is -2.14. The van der Waals surface area contributed by atoms with Crippen molar-refractivity contribution in [1.29, 1.82) is 0 Å². The van der Waals surface area contributed by atoms with Gasteiger partial charge < -0.3 is 10.3 Å². The second-order valence-electron chi connectivity index (χ2n) is 4.11. The Labute approximate surface area is 123 Å². The van der Waals surface area contributed by atoms with Crippen LogP contribution < -0.4 is 10.3 Å². The fraction of sp³-hybridized carbons (Fsp3) is 0.214. The van der Waals surface area contributed by atoms with E-state index < -0.39 is 0 Å². The van der Waals surface area contributed by atoms with Gasteiger partial charge >= 0.3 is 0 Å². The van der Waals surface area contributed by atoms with Crippen molar-refractivity contribution in [3.05, 3.63) is 53.1 Å². The monoisotopic (exact) mass is 289 g/mol. The maximum Gasteiger partial charge on any atom is 0.224 e. The lowest BCUT2D eigenvalue weighted by Crippen LogP contribution is -2.20. The molecule has 1 aromatic rings. The van der Waals surface area contributed by atoms with Crippen LogP contribution in [0.15, 0.2) is 52.9 Å². The average molecular weight is 290 g/mol. The maximum atomic E-state index is 5.82. The van der Waals surface area contributed by atoms with Gasteiger partial charge in [0, 0.05) is 26.0 Å². The summed E-state index contributed by atoms with van der Waals surface area (Å²) in [6.45, 7) is 1.98. The molecule has 2 rings (SSSR count). The van der Waals surface area contributed by atoms with Gasteiger partial charge in [0.25, 0.3) is 0 Å². The molecule has 0 spiro atoms. The van der Waals surface area contributed by atoms with Crippen LogP contribution >= 0.6 is 11.6 Å². The molecule has 1 aliphatic carbocycles. The number of hydrogen-bond acceptors (Lipinski definition) is 5. The lowest BCUT2D eigenvalue weighted by molar-refractivity contribution is 0.901. The van der Waals surface area contributed by atoms with Crippen molar-refractivity contribution >= 4 is 23.1 Å². The Morgan fingerprint density at radius 3 is 2.85 bits per heavy atom. The molecule has 0 bridgehead atoms. The zero-order valence-electron chi connectivity index (χ0n) is 11.6. The quantitative estimate of drug-likeness (QED) is 0.686. The molecule has 0 aromatic carbocycles. The predicted molar refractivity (Wildman–Crippen MR) is 82.9 cm³/mol. The maximum absolute atomic E-state index is 5.82. The highest BCUT2D eigenvalue weighted by Crippen LogP contribution is 2.21. The van der Waals surface area contributed by atoms with Gasteiger partial charge in [0.15, 0.2) is 0 Å². The van der Waals surface area contributed by atoms with E-state index in [0.717, 1.165) is 22.8 Å². The van der Waals surface area contributed by atoms with Gasteiger partial charge in [-0.2, -0.15) is 5.10 Å². The predicted octanol–water partition coefficient (Wildman–Crippen LogP) is 2.54. The van der Waals surface area contributed by atoms with Gasteiger partial charge in [-0.05, 0) is 42.3 Å². The number of nitrogens with zero attached hydrogens (tertiary/aromatic N) is 4. The third-order valence-electron chi connectivity index (χ3n) is 2.90. The number of aromatic nitrogens is 2. The summed E-state index contributed by atoms with van der Waals surface area (Å²) in [4.78, 5) is 10.0. The van der Waals surface area contributed by atoms with Gasteiger partial charge in [0.2, 0.25) is 5.28 Å². The Balaban J connectivity index is 2.33. The second kappa shape index (κ2) is 6.34. The minimum absolute atomic E-state index is 0.230. The topological polar surface area (TPSA) is 53.4 Å². The first-order valence-electron chi connectivity index (χ1n) is 6.19. The second-order valence-corrected chi connectivity index (χ2v) is 4.45. The highest BCUT2D eigenvalue weighted by molar-refractivity contribution is 6.28. The molecule has 0 fully saturated rings. The fourth-order valence-corrected chi connectivity index (χ4v) is 1.99. The number of likely N-dealkylation sites (N-methyl/N-ethyl adjacent to an activating group) is 1. The molecule has 0 saturated carbocycles. The normalized spacial score (nSPS) is 18.3. The molecule has 6 heteroatoms. The first-order chi connectivity index (χ1) is 9.65. The van der Waals surface area contributed by atoms with Gasteiger partial charge in [-0.25, -0.2) is 9.97 Å². The molecule has 1 N–H and O–H groups in total. The van der Waals surface area contributed by atoms with Gasteiger partial charge in [0.05, 0.1) is 5.71 Å². The minimum Gasteiger partial charge on any atom is -0.329 e. The lowest BCUT2D eigenvalue weighted by atomic mass is 10.0. The van der Waals surface area contributed by atoms with Crippen LogP contribution in [0.5, 0.6) is 0 Å². The fourth-order valence-electron chi connectivity index (χ4n) is 1.85. The molecular weight excluding hydrogens is 274 g/mol. The molecule has 0 radical (unpaired) electrons. The van der Waals surface area contributed by atoms with Gasteiger partial charge in [-0.3, -0.25) is 0 Å². The summed E-state index contributed by atoms with van der Waals surface area (Å²) < 4.78 is 0. The largest absolute Gasteiger partial charge is 0.329 e. The van der Waals surface area contributed by atoms with Crippen molar-refractivity contribution < 1.29 is 0 Å². The zero-order valence-corrected chi connectivity index (χ0v) is 12.4. The van der Waals surface area contributed by atoms with Gasteiger partial charge in [-0.15, -0.1) is 0 Å². The number of halogens is 1. The number of anilines is 1. The van der Waals surface area contributed by atoms with E-state index in [9.17, 15) is 0 Å². The smallest absolute Gasteiger partial charge is 0.224 e. The van der Waals surface area contributed by atoms with Crippen molar-refractivity contribution in [3.63, 3.8) is 0 Å². The van der Waals surface area contributed by atoms with E-state index >= 15 is 0 Å². The Morgan fingerprint density at radius 1 is 1.40 bits per heavy atom. The lowest BCUT2D eigenvalue weighted by Gasteiger charge is -2.22. The number of hydrogen-bond donors (Lipinski definition) is 1. The summed E-state index contributed by atoms with van der Waals surface area (Å²) in [5.74, 6) is 0.730. The summed E-state index contributed by atoms with van der Waals surface area (Å²) in [6, 6.07) is 1.81. The summed E-state index contributed by atoms with van der Waals surface area (Å²) in [5.41, 5.74) is 5.73. The molecule has 1 heterocycles. The summed E-state index contributed by atoms with van der Waals surface area (Å²) >= 11 is 5.82. The average Bonchev–Trinajstić information content (AvgIpc) is 2.47. The molecule has 0 amide bonds. The first kappa shape index (κ1) is 14.3. The number of hydrazone groups is 1. The van der Waals surface area contributed by atoms with Crippen molar-refractivity contribution in [2.75, 3.05) is 19.0 Å². The highest BCUT2D eigenvalue weighted by atomic mass is 35.5. The number of nitrogens with one attached hydrogen (secondary N) is 1. The van der Waals surface area contributed by atoms with E-state index in [0.29, 0.717) is 0 Å². The van der Waals surface area contributed by atoms with Crippen molar-refractivity contribution in [3.8, 4) is 0 Å². The first-order valence-corrected chi connectivity index (χ1v) is 6.56. The van der Waals surface area contributed by atoms with Crippen LogP contribution in [0.4, 0.5) is 5.82 Å². The zero-order chi connectivity index (χ0) is 14.5. The van der Waals surface area contributed by atoms with Crippen LogP contribution in [0.1, 0.15) is 6.92 Å². The van der Waals surface area contributed by atoms with Crippen LogP contribution in [0.3, 0.4) is 0 Å². The molecule has 1 aromatic heterocycles. The minimum atomic E-state index is 0.230. The highest BCUT2D eigenvalue weighted by Gasteiger charge is 2.13. The molecule has 1 aliphatic rings. The summed E-state index contributed by atoms with van der Waals surface area (Å²) in [6.07, 6.45) is 9.67. The molecule has 0 saturated heterocycles. The third kappa shape index (κ3) is 3.05. The van der Waals surface area contributed by atoms with E-state index in [4.69, 9.17) is 11.6 Å². The number of rotatable bonds is 3. The summed E-state index contributed by atoms with van der Waals surface area (Å²) in [5, 5.41) is 4.49. The molecule has 5 nitrogen and oxygen atoms in total. The van der Waals surface area contributed by atoms with E-state index in [1.807, 2.05) is 43.2 Å². The van der Waals surface area contributed by atoms with E-state index in [1.54, 1.807) is 19.3 Å². The SMILES string of the molecule is C/C=C1\C=CC(N(C)c2ccnc(Cl)n2)=C\C1=N\NC. The molecule has 20 heavy (non-hydrogen) atoms.